The van der Waals surface area contributed by atoms with Crippen LogP contribution in [0, 0.1) is 10.8 Å². The van der Waals surface area contributed by atoms with Crippen molar-refractivity contribution in [1.82, 2.24) is 0 Å². The lowest BCUT2D eigenvalue weighted by molar-refractivity contribution is -0.319. The quantitative estimate of drug-likeness (QED) is 0.258. The Morgan fingerprint density at radius 3 is 1.21 bits per heavy atom. The summed E-state index contributed by atoms with van der Waals surface area (Å²) in [5, 5.41) is 0. The van der Waals surface area contributed by atoms with Gasteiger partial charge in [-0.15, -0.1) is 0 Å². The molecule has 5 saturated heterocycles. The van der Waals surface area contributed by atoms with E-state index in [4.69, 9.17) is 66.3 Å². The summed E-state index contributed by atoms with van der Waals surface area (Å²) in [7, 11) is 9.62. The number of carbonyl (C=O) groups excluding carboxylic acids is 2. The molecule has 5 fully saturated rings. The zero-order valence-electron chi connectivity index (χ0n) is 36.8. The van der Waals surface area contributed by atoms with E-state index in [-0.39, 0.29) is 50.2 Å². The largest absolute Gasteiger partial charge is 0.462 e. The Labute approximate surface area is 345 Å². The first kappa shape index (κ1) is 47.5. The van der Waals surface area contributed by atoms with Crippen molar-refractivity contribution < 1.29 is 75.9 Å². The molecule has 0 amide bonds. The summed E-state index contributed by atoms with van der Waals surface area (Å²) in [5.74, 6) is -0.753. The zero-order chi connectivity index (χ0) is 42.4. The molecule has 0 aromatic rings. The molecule has 0 N–H and O–H groups in total. The topological polar surface area (TPSA) is 163 Å². The van der Waals surface area contributed by atoms with Crippen molar-refractivity contribution in [2.24, 2.45) is 10.8 Å². The number of carbonyl (C=O) groups is 2. The standard InChI is InChI=1S/C42H72O16/c1-13-23-15-25-17-29(57-39-37(49-11)35(47-9)27(45-7)21-51-39)41(3,4)32(53-25)20-34(44)56-24(14-2)16-26-18-30(42(5,6)31(54-26)19-33(43)55-23)58-40-38(50-12)36(48-10)28(46-8)22-52-40/h23-32,35-40H,13-22H2,1-12H3/t23-,24-,25-,26-,27?,28?,29+,30+,31+,32+,35?,36?,37?,38?,39?,40?/m1/s1. The van der Waals surface area contributed by atoms with Crippen LogP contribution < -0.4 is 0 Å². The monoisotopic (exact) mass is 832 g/mol. The maximum Gasteiger partial charge on any atom is 0.308 e. The summed E-state index contributed by atoms with van der Waals surface area (Å²) in [4.78, 5) is 27.8. The van der Waals surface area contributed by atoms with Crippen LogP contribution in [0.25, 0.3) is 0 Å². The van der Waals surface area contributed by atoms with E-state index in [0.29, 0.717) is 38.5 Å². The molecular formula is C42H72O16. The minimum absolute atomic E-state index is 0.00437. The molecule has 0 aromatic heterocycles. The van der Waals surface area contributed by atoms with Crippen LogP contribution in [0.3, 0.4) is 0 Å². The molecule has 5 aliphatic heterocycles. The normalized spacial score (nSPS) is 42.6. The van der Waals surface area contributed by atoms with Crippen LogP contribution in [0.1, 0.15) is 92.9 Å². The Bertz CT molecular complexity index is 1200. The van der Waals surface area contributed by atoms with E-state index in [1.807, 2.05) is 41.5 Å². The minimum atomic E-state index is -0.761. The Morgan fingerprint density at radius 2 is 0.897 bits per heavy atom. The number of hydrogen-bond donors (Lipinski definition) is 0. The molecule has 16 nitrogen and oxygen atoms in total. The molecule has 0 aliphatic carbocycles. The van der Waals surface area contributed by atoms with Gasteiger partial charge in [-0.25, -0.2) is 0 Å². The van der Waals surface area contributed by atoms with E-state index in [1.165, 1.54) is 0 Å². The highest BCUT2D eigenvalue weighted by atomic mass is 16.7. The Hall–Kier alpha value is -1.54. The lowest BCUT2D eigenvalue weighted by Gasteiger charge is -2.51. The van der Waals surface area contributed by atoms with E-state index in [0.717, 1.165) is 0 Å². The summed E-state index contributed by atoms with van der Waals surface area (Å²) in [5.41, 5.74) is -1.32. The third-order valence-electron chi connectivity index (χ3n) is 13.3. The second-order valence-electron chi connectivity index (χ2n) is 17.5. The van der Waals surface area contributed by atoms with Crippen LogP contribution in [0.2, 0.25) is 0 Å². The van der Waals surface area contributed by atoms with Crippen molar-refractivity contribution in [1.29, 1.82) is 0 Å². The molecule has 0 radical (unpaired) electrons. The number of esters is 2. The first-order valence-electron chi connectivity index (χ1n) is 21.1. The number of fused-ring (bicyclic) bond motifs is 4. The predicted molar refractivity (Wildman–Crippen MR) is 207 cm³/mol. The van der Waals surface area contributed by atoms with Crippen LogP contribution in [-0.4, -0.2) is 166 Å². The number of ether oxygens (including phenoxy) is 14. The molecule has 0 aromatic carbocycles. The highest BCUT2D eigenvalue weighted by molar-refractivity contribution is 5.71. The molecule has 0 spiro atoms. The zero-order valence-corrected chi connectivity index (χ0v) is 36.8. The molecule has 16 heteroatoms. The summed E-state index contributed by atoms with van der Waals surface area (Å²) < 4.78 is 86.3. The van der Waals surface area contributed by atoms with E-state index in [1.54, 1.807) is 42.7 Å². The van der Waals surface area contributed by atoms with Gasteiger partial charge in [0.15, 0.2) is 12.6 Å². The third-order valence-corrected chi connectivity index (χ3v) is 13.3. The lowest BCUT2D eigenvalue weighted by Crippen LogP contribution is -2.60. The lowest BCUT2D eigenvalue weighted by atomic mass is 9.73. The van der Waals surface area contributed by atoms with Gasteiger partial charge in [-0.3, -0.25) is 9.59 Å². The first-order valence-corrected chi connectivity index (χ1v) is 21.1. The highest BCUT2D eigenvalue weighted by Gasteiger charge is 2.53. The van der Waals surface area contributed by atoms with Gasteiger partial charge in [0.1, 0.15) is 48.8 Å². The number of methoxy groups -OCH3 is 6. The van der Waals surface area contributed by atoms with Crippen molar-refractivity contribution in [3.05, 3.63) is 0 Å². The first-order chi connectivity index (χ1) is 27.7. The van der Waals surface area contributed by atoms with Gasteiger partial charge in [-0.1, -0.05) is 41.5 Å². The Balaban J connectivity index is 1.39. The van der Waals surface area contributed by atoms with Crippen LogP contribution in [0.4, 0.5) is 0 Å². The second kappa shape index (κ2) is 21.0. The second-order valence-corrected chi connectivity index (χ2v) is 17.5. The maximum absolute atomic E-state index is 13.9. The molecule has 5 rings (SSSR count). The number of rotatable bonds is 12. The number of hydrogen-bond acceptors (Lipinski definition) is 16. The van der Waals surface area contributed by atoms with Gasteiger partial charge in [0.05, 0.1) is 62.7 Å². The van der Waals surface area contributed by atoms with Gasteiger partial charge in [0.25, 0.3) is 0 Å². The Kier molecular flexibility index (Phi) is 17.2. The van der Waals surface area contributed by atoms with Crippen LogP contribution in [0.15, 0.2) is 0 Å². The van der Waals surface area contributed by atoms with Gasteiger partial charge in [-0.2, -0.15) is 0 Å². The summed E-state index contributed by atoms with van der Waals surface area (Å²) in [6, 6.07) is 0. The summed E-state index contributed by atoms with van der Waals surface area (Å²) in [6.45, 7) is 12.6. The molecule has 8 unspecified atom stereocenters. The van der Waals surface area contributed by atoms with Crippen molar-refractivity contribution in [3.8, 4) is 0 Å². The predicted octanol–water partition coefficient (Wildman–Crippen LogP) is 4.14. The van der Waals surface area contributed by atoms with Crippen molar-refractivity contribution >= 4 is 11.9 Å². The van der Waals surface area contributed by atoms with Gasteiger partial charge < -0.3 is 66.3 Å². The molecule has 16 atom stereocenters. The average Bonchev–Trinajstić information content (AvgIpc) is 3.19. The maximum atomic E-state index is 13.9. The molecule has 5 heterocycles. The van der Waals surface area contributed by atoms with E-state index < -0.39 is 96.7 Å². The molecule has 5 aliphatic rings. The van der Waals surface area contributed by atoms with Gasteiger partial charge >= 0.3 is 11.9 Å². The molecule has 0 saturated carbocycles. The van der Waals surface area contributed by atoms with Gasteiger partial charge in [0, 0.05) is 79.2 Å². The SMILES string of the molecule is CC[C@@H]1C[C@@H]2C[C@H](OC3OCC(OC)C(OC)C3OC)C(C)(C)[C@H](CC(=O)O[C@H](CC)C[C@@H]3C[C@H](OC4OCC(OC)C(OC)C4OC)C(C)(C)[C@H](CC(=O)O1)O3)O2. The van der Waals surface area contributed by atoms with Crippen LogP contribution >= 0.6 is 0 Å². The van der Waals surface area contributed by atoms with Crippen molar-refractivity contribution in [2.45, 2.75) is 191 Å². The van der Waals surface area contributed by atoms with Crippen LogP contribution in [0.5, 0.6) is 0 Å². The highest BCUT2D eigenvalue weighted by Crippen LogP contribution is 2.45. The Morgan fingerprint density at radius 1 is 0.534 bits per heavy atom. The van der Waals surface area contributed by atoms with Crippen molar-refractivity contribution in [3.63, 3.8) is 0 Å². The molecular weight excluding hydrogens is 760 g/mol. The smallest absolute Gasteiger partial charge is 0.308 e. The van der Waals surface area contributed by atoms with Crippen LogP contribution in [-0.2, 0) is 75.9 Å². The summed E-state index contributed by atoms with van der Waals surface area (Å²) >= 11 is 0. The number of cyclic esters (lactones) is 2. The fraction of sp³-hybridized carbons (Fsp3) is 0.952. The average molecular weight is 833 g/mol. The summed E-state index contributed by atoms with van der Waals surface area (Å²) in [6.07, 6.45) is -5.06. The fourth-order valence-corrected chi connectivity index (χ4v) is 9.28. The molecule has 4 bridgehead atoms. The van der Waals surface area contributed by atoms with Gasteiger partial charge in [0.2, 0.25) is 0 Å². The van der Waals surface area contributed by atoms with E-state index in [2.05, 4.69) is 0 Å². The minimum Gasteiger partial charge on any atom is -0.462 e. The van der Waals surface area contributed by atoms with E-state index in [9.17, 15) is 9.59 Å². The molecule has 58 heavy (non-hydrogen) atoms. The third kappa shape index (κ3) is 10.7. The van der Waals surface area contributed by atoms with Gasteiger partial charge in [-0.05, 0) is 12.8 Å². The fourth-order valence-electron chi connectivity index (χ4n) is 9.28. The molecule has 336 valence electrons. The van der Waals surface area contributed by atoms with Crippen molar-refractivity contribution in [2.75, 3.05) is 55.9 Å². The van der Waals surface area contributed by atoms with E-state index >= 15 is 0 Å².